The van der Waals surface area contributed by atoms with Crippen molar-refractivity contribution in [1.82, 2.24) is 9.62 Å². The van der Waals surface area contributed by atoms with Gasteiger partial charge in [0, 0.05) is 72.3 Å². The van der Waals surface area contributed by atoms with E-state index in [0.717, 1.165) is 74.0 Å². The Morgan fingerprint density at radius 1 is 0.939 bits per heavy atom. The van der Waals surface area contributed by atoms with Crippen LogP contribution in [-0.2, 0) is 6.54 Å². The Bertz CT molecular complexity index is 1820. The van der Waals surface area contributed by atoms with Crippen molar-refractivity contribution in [1.29, 1.82) is 0 Å². The topological polar surface area (TPSA) is 90.7 Å². The zero-order valence-corrected chi connectivity index (χ0v) is 29.4. The number of nitrogens with one attached hydrogen (secondary N) is 2. The van der Waals surface area contributed by atoms with Gasteiger partial charge in [0.15, 0.2) is 0 Å². The molecule has 4 aromatic rings. The number of hydrogen-bond donors (Lipinski definition) is 2. The summed E-state index contributed by atoms with van der Waals surface area (Å²) in [6.07, 6.45) is 8.45. The molecule has 0 unspecified atom stereocenters. The molecule has 4 aromatic carbocycles. The number of thioether (sulfide) groups is 1. The number of nitrogens with zero attached hydrogens (tertiary/aromatic N) is 3. The lowest BCUT2D eigenvalue weighted by atomic mass is 9.99. The molecular weight excluding hydrogens is 674 g/mol. The van der Waals surface area contributed by atoms with E-state index in [2.05, 4.69) is 74.5 Å². The highest BCUT2D eigenvalue weighted by Gasteiger charge is 2.20. The van der Waals surface area contributed by atoms with Gasteiger partial charge < -0.3 is 10.2 Å². The molecule has 0 atom stereocenters. The first-order chi connectivity index (χ1) is 23.9. The van der Waals surface area contributed by atoms with Crippen LogP contribution in [0, 0.1) is 10.1 Å². The normalized spacial score (nSPS) is 14.7. The Morgan fingerprint density at radius 2 is 1.71 bits per heavy atom. The van der Waals surface area contributed by atoms with Gasteiger partial charge in [0.25, 0.3) is 11.6 Å². The molecule has 2 N–H and O–H groups in total. The van der Waals surface area contributed by atoms with E-state index in [9.17, 15) is 14.9 Å². The summed E-state index contributed by atoms with van der Waals surface area (Å²) < 4.78 is 2.83. The van der Waals surface area contributed by atoms with Crippen LogP contribution >= 0.6 is 35.3 Å². The van der Waals surface area contributed by atoms with Gasteiger partial charge in [-0.05, 0) is 94.9 Å². The van der Waals surface area contributed by atoms with E-state index in [-0.39, 0.29) is 11.6 Å². The molecular formula is C38H38ClN5O3S2. The largest absolute Gasteiger partial charge is 0.379 e. The summed E-state index contributed by atoms with van der Waals surface area (Å²) in [6, 6.07) is 29.1. The molecule has 0 spiro atoms. The van der Waals surface area contributed by atoms with Crippen LogP contribution in [-0.4, -0.2) is 54.2 Å². The fourth-order valence-corrected chi connectivity index (χ4v) is 7.57. The highest BCUT2D eigenvalue weighted by atomic mass is 35.5. The number of halogens is 1. The lowest BCUT2D eigenvalue weighted by Crippen LogP contribution is -2.46. The maximum Gasteiger partial charge on any atom is 0.293 e. The standard InChI is InChI=1S/C38H38ClN5O3S2/c39-31-14-10-28(11-15-31)35-9-5-4-6-30(35)27-42-21-23-43(24-22-42)32-16-12-29(13-17-32)38(45)41-49-34-18-19-36(37(26-34)44(46)47)40-20-25-48-33-7-2-1-3-8-33/h1-2,4-7,9-19,26,40H,3,8,20-25,27H2,(H,41,45). The predicted molar refractivity (Wildman–Crippen MR) is 205 cm³/mol. The number of amides is 1. The zero-order valence-electron chi connectivity index (χ0n) is 27.0. The number of benzene rings is 4. The van der Waals surface area contributed by atoms with Crippen molar-refractivity contribution in [3.8, 4) is 11.1 Å². The molecule has 11 heteroatoms. The van der Waals surface area contributed by atoms with Crippen molar-refractivity contribution in [3.63, 3.8) is 0 Å². The van der Waals surface area contributed by atoms with Crippen molar-refractivity contribution in [2.45, 2.75) is 24.3 Å². The summed E-state index contributed by atoms with van der Waals surface area (Å²) in [7, 11) is 0. The Labute approximate surface area is 300 Å². The Balaban J connectivity index is 0.973. The molecule has 1 fully saturated rings. The molecule has 2 aliphatic rings. The van der Waals surface area contributed by atoms with Crippen LogP contribution in [0.2, 0.25) is 5.02 Å². The van der Waals surface area contributed by atoms with Crippen LogP contribution in [0.1, 0.15) is 28.8 Å². The van der Waals surface area contributed by atoms with Crippen LogP contribution in [0.15, 0.2) is 119 Å². The third kappa shape index (κ3) is 9.48. The van der Waals surface area contributed by atoms with Crippen LogP contribution in [0.25, 0.3) is 11.1 Å². The molecule has 1 aliphatic carbocycles. The number of piperazine rings is 1. The van der Waals surface area contributed by atoms with Gasteiger partial charge in [0.05, 0.1) is 4.92 Å². The second-order valence-electron chi connectivity index (χ2n) is 11.8. The summed E-state index contributed by atoms with van der Waals surface area (Å²) in [5, 5.41) is 15.7. The van der Waals surface area contributed by atoms with Crippen LogP contribution in [0.5, 0.6) is 0 Å². The number of anilines is 2. The SMILES string of the molecule is O=C(NSc1ccc(NCCSC2=CC=CCC2)c([N+](=O)[O-])c1)c1ccc(N2CCN(Cc3ccccc3-c3ccc(Cl)cc3)CC2)cc1. The molecule has 8 nitrogen and oxygen atoms in total. The third-order valence-electron chi connectivity index (χ3n) is 8.54. The fourth-order valence-electron chi connectivity index (χ4n) is 5.91. The molecule has 1 aliphatic heterocycles. The maximum atomic E-state index is 12.9. The highest BCUT2D eigenvalue weighted by Crippen LogP contribution is 2.31. The average Bonchev–Trinajstić information content (AvgIpc) is 3.14. The minimum absolute atomic E-state index is 0.0146. The summed E-state index contributed by atoms with van der Waals surface area (Å²) >= 11 is 8.95. The monoisotopic (exact) mass is 711 g/mol. The van der Waals surface area contributed by atoms with Gasteiger partial charge in [-0.1, -0.05) is 66.2 Å². The molecule has 49 heavy (non-hydrogen) atoms. The van der Waals surface area contributed by atoms with Crippen molar-refractivity contribution >= 4 is 58.3 Å². The van der Waals surface area contributed by atoms with Crippen molar-refractivity contribution < 1.29 is 9.72 Å². The molecule has 1 heterocycles. The van der Waals surface area contributed by atoms with Crippen LogP contribution < -0.4 is 14.9 Å². The Morgan fingerprint density at radius 3 is 2.45 bits per heavy atom. The lowest BCUT2D eigenvalue weighted by Gasteiger charge is -2.36. The molecule has 0 saturated carbocycles. The van der Waals surface area contributed by atoms with Crippen LogP contribution in [0.3, 0.4) is 0 Å². The smallest absolute Gasteiger partial charge is 0.293 e. The minimum atomic E-state index is -0.394. The number of carbonyl (C=O) groups excluding carboxylic acids is 1. The quantitative estimate of drug-likeness (QED) is 0.0615. The second kappa shape index (κ2) is 16.9. The van der Waals surface area contributed by atoms with Gasteiger partial charge in [-0.25, -0.2) is 0 Å². The molecule has 0 bridgehead atoms. The molecule has 1 amide bonds. The van der Waals surface area contributed by atoms with Crippen molar-refractivity contribution in [3.05, 3.63) is 140 Å². The third-order valence-corrected chi connectivity index (χ3v) is 10.7. The molecule has 252 valence electrons. The molecule has 1 saturated heterocycles. The average molecular weight is 712 g/mol. The van der Waals surface area contributed by atoms with E-state index in [4.69, 9.17) is 11.6 Å². The summed E-state index contributed by atoms with van der Waals surface area (Å²) in [6.45, 7) is 5.14. The number of allylic oxidation sites excluding steroid dienone is 4. The molecule has 0 aromatic heterocycles. The van der Waals surface area contributed by atoms with E-state index in [0.29, 0.717) is 22.7 Å². The second-order valence-corrected chi connectivity index (χ2v) is 14.4. The summed E-state index contributed by atoms with van der Waals surface area (Å²) in [5.74, 6) is 0.564. The zero-order chi connectivity index (χ0) is 34.0. The van der Waals surface area contributed by atoms with Gasteiger partial charge in [-0.15, -0.1) is 11.8 Å². The van der Waals surface area contributed by atoms with Crippen LogP contribution in [0.4, 0.5) is 17.1 Å². The Kier molecular flexibility index (Phi) is 12.0. The first kappa shape index (κ1) is 34.6. The van der Waals surface area contributed by atoms with Gasteiger partial charge in [-0.2, -0.15) is 0 Å². The molecule has 6 rings (SSSR count). The van der Waals surface area contributed by atoms with Gasteiger partial charge >= 0.3 is 0 Å². The number of rotatable bonds is 13. The molecule has 0 radical (unpaired) electrons. The number of nitro benzene ring substituents is 1. The highest BCUT2D eigenvalue weighted by molar-refractivity contribution is 8.03. The first-order valence-corrected chi connectivity index (χ1v) is 18.5. The summed E-state index contributed by atoms with van der Waals surface area (Å²) in [4.78, 5) is 31.1. The van der Waals surface area contributed by atoms with Crippen molar-refractivity contribution in [2.24, 2.45) is 0 Å². The van der Waals surface area contributed by atoms with E-state index >= 15 is 0 Å². The maximum absolute atomic E-state index is 12.9. The summed E-state index contributed by atoms with van der Waals surface area (Å²) in [5.41, 5.74) is 5.76. The minimum Gasteiger partial charge on any atom is -0.379 e. The predicted octanol–water partition coefficient (Wildman–Crippen LogP) is 9.05. The number of nitro groups is 1. The fraction of sp³-hybridized carbons (Fsp3) is 0.237. The van der Waals surface area contributed by atoms with E-state index < -0.39 is 4.92 Å². The van der Waals surface area contributed by atoms with E-state index in [1.807, 2.05) is 36.4 Å². The van der Waals surface area contributed by atoms with E-state index in [1.54, 1.807) is 23.9 Å². The Hall–Kier alpha value is -4.22. The first-order valence-electron chi connectivity index (χ1n) is 16.3. The lowest BCUT2D eigenvalue weighted by molar-refractivity contribution is -0.384. The number of hydrogen-bond acceptors (Lipinski definition) is 8. The van der Waals surface area contributed by atoms with Crippen molar-refractivity contribution in [2.75, 3.05) is 48.7 Å². The van der Waals surface area contributed by atoms with Gasteiger partial charge in [0.1, 0.15) is 5.69 Å². The van der Waals surface area contributed by atoms with E-state index in [1.165, 1.54) is 27.7 Å². The van der Waals surface area contributed by atoms with Gasteiger partial charge in [-0.3, -0.25) is 24.5 Å². The number of carbonyl (C=O) groups is 1. The van der Waals surface area contributed by atoms with Gasteiger partial charge in [0.2, 0.25) is 0 Å².